The SMILES string of the molecule is CC(=O)c1ccc(S(=O)(=O)N2CCC(N3COCc4cc(Cl)ccc43)CC2)cc1. The highest BCUT2D eigenvalue weighted by molar-refractivity contribution is 7.89. The molecule has 6 nitrogen and oxygen atoms in total. The fourth-order valence-electron chi connectivity index (χ4n) is 3.98. The molecule has 8 heteroatoms. The smallest absolute Gasteiger partial charge is 0.243 e. The summed E-state index contributed by atoms with van der Waals surface area (Å²) in [5.41, 5.74) is 2.68. The predicted octanol–water partition coefficient (Wildman–Crippen LogP) is 3.69. The largest absolute Gasteiger partial charge is 0.356 e. The van der Waals surface area contributed by atoms with Gasteiger partial charge in [0.15, 0.2) is 5.78 Å². The van der Waals surface area contributed by atoms with Crippen LogP contribution in [0.3, 0.4) is 0 Å². The number of carbonyl (C=O) groups is 1. The van der Waals surface area contributed by atoms with Gasteiger partial charge in [-0.3, -0.25) is 4.79 Å². The maximum atomic E-state index is 13.0. The van der Waals surface area contributed by atoms with Gasteiger partial charge in [0.2, 0.25) is 10.0 Å². The van der Waals surface area contributed by atoms with E-state index in [0.717, 1.165) is 24.1 Å². The number of sulfonamides is 1. The summed E-state index contributed by atoms with van der Waals surface area (Å²) in [5.74, 6) is -0.0833. The zero-order chi connectivity index (χ0) is 20.6. The molecule has 0 radical (unpaired) electrons. The Labute approximate surface area is 176 Å². The number of Topliss-reactive ketones (excluding diaryl/α,β-unsaturated/α-hetero) is 1. The van der Waals surface area contributed by atoms with Gasteiger partial charge in [-0.05, 0) is 50.1 Å². The molecule has 29 heavy (non-hydrogen) atoms. The molecule has 0 spiro atoms. The molecule has 0 aliphatic carbocycles. The minimum Gasteiger partial charge on any atom is -0.356 e. The number of hydrogen-bond donors (Lipinski definition) is 0. The van der Waals surface area contributed by atoms with Crippen LogP contribution in [0, 0.1) is 0 Å². The van der Waals surface area contributed by atoms with Crippen molar-refractivity contribution < 1.29 is 17.9 Å². The molecule has 4 rings (SSSR count). The lowest BCUT2D eigenvalue weighted by Gasteiger charge is -2.41. The van der Waals surface area contributed by atoms with Crippen molar-refractivity contribution in [1.82, 2.24) is 4.31 Å². The van der Waals surface area contributed by atoms with Gasteiger partial charge in [0.05, 0.1) is 11.5 Å². The molecule has 0 aromatic heterocycles. The average molecular weight is 435 g/mol. The van der Waals surface area contributed by atoms with Gasteiger partial charge < -0.3 is 9.64 Å². The van der Waals surface area contributed by atoms with E-state index in [4.69, 9.17) is 16.3 Å². The molecule has 1 saturated heterocycles. The Kier molecular flexibility index (Phi) is 5.66. The van der Waals surface area contributed by atoms with Crippen LogP contribution in [-0.4, -0.2) is 44.4 Å². The second kappa shape index (κ2) is 8.07. The summed E-state index contributed by atoms with van der Waals surface area (Å²) in [6.07, 6.45) is 1.44. The van der Waals surface area contributed by atoms with Gasteiger partial charge in [0.1, 0.15) is 6.73 Å². The molecule has 2 aliphatic heterocycles. The molecule has 0 unspecified atom stereocenters. The van der Waals surface area contributed by atoms with Crippen LogP contribution in [0.5, 0.6) is 0 Å². The molecular formula is C21H23ClN2O4S. The molecule has 2 aromatic carbocycles. The van der Waals surface area contributed by atoms with Crippen LogP contribution in [-0.2, 0) is 21.4 Å². The number of rotatable bonds is 4. The van der Waals surface area contributed by atoms with E-state index in [-0.39, 0.29) is 16.7 Å². The third-order valence-electron chi connectivity index (χ3n) is 5.60. The van der Waals surface area contributed by atoms with E-state index in [1.54, 1.807) is 12.1 Å². The Bertz CT molecular complexity index is 1020. The van der Waals surface area contributed by atoms with Crippen molar-refractivity contribution in [2.24, 2.45) is 0 Å². The van der Waals surface area contributed by atoms with Crippen LogP contribution < -0.4 is 4.90 Å². The molecule has 0 N–H and O–H groups in total. The zero-order valence-electron chi connectivity index (χ0n) is 16.2. The van der Waals surface area contributed by atoms with Crippen molar-refractivity contribution in [3.63, 3.8) is 0 Å². The summed E-state index contributed by atoms with van der Waals surface area (Å²) in [6, 6.07) is 12.2. The first-order chi connectivity index (χ1) is 13.9. The Morgan fingerprint density at radius 3 is 2.45 bits per heavy atom. The zero-order valence-corrected chi connectivity index (χ0v) is 17.7. The highest BCUT2D eigenvalue weighted by atomic mass is 35.5. The lowest BCUT2D eigenvalue weighted by Crippen LogP contribution is -2.48. The molecule has 0 amide bonds. The number of hydrogen-bond acceptors (Lipinski definition) is 5. The number of fused-ring (bicyclic) bond motifs is 1. The van der Waals surface area contributed by atoms with Crippen molar-refractivity contribution in [1.29, 1.82) is 0 Å². The fourth-order valence-corrected chi connectivity index (χ4v) is 5.64. The van der Waals surface area contributed by atoms with Crippen molar-refractivity contribution in [3.8, 4) is 0 Å². The standard InChI is InChI=1S/C21H23ClN2O4S/c1-15(25)16-2-5-20(6-3-16)29(26,27)23-10-8-19(9-11-23)24-14-28-13-17-12-18(22)4-7-21(17)24/h2-7,12,19H,8-11,13-14H2,1H3. The number of anilines is 1. The molecule has 2 heterocycles. The van der Waals surface area contributed by atoms with E-state index < -0.39 is 10.0 Å². The van der Waals surface area contributed by atoms with E-state index in [1.165, 1.54) is 23.4 Å². The van der Waals surface area contributed by atoms with Gasteiger partial charge >= 0.3 is 0 Å². The van der Waals surface area contributed by atoms with Crippen molar-refractivity contribution >= 4 is 33.1 Å². The Hall–Kier alpha value is -1.93. The normalized spacial score (nSPS) is 18.5. The van der Waals surface area contributed by atoms with Crippen molar-refractivity contribution in [2.75, 3.05) is 24.7 Å². The maximum Gasteiger partial charge on any atom is 0.243 e. The van der Waals surface area contributed by atoms with Crippen LogP contribution >= 0.6 is 11.6 Å². The summed E-state index contributed by atoms with van der Waals surface area (Å²) < 4.78 is 33.2. The molecule has 2 aromatic rings. The minimum absolute atomic E-state index is 0.0833. The van der Waals surface area contributed by atoms with Gasteiger partial charge in [-0.15, -0.1) is 0 Å². The highest BCUT2D eigenvalue weighted by Gasteiger charge is 2.33. The number of ketones is 1. The van der Waals surface area contributed by atoms with E-state index in [9.17, 15) is 13.2 Å². The van der Waals surface area contributed by atoms with E-state index in [2.05, 4.69) is 4.90 Å². The molecule has 1 fully saturated rings. The number of carbonyl (C=O) groups excluding carboxylic acids is 1. The average Bonchev–Trinajstić information content (AvgIpc) is 2.73. The topological polar surface area (TPSA) is 66.9 Å². The van der Waals surface area contributed by atoms with Crippen molar-refractivity contribution in [2.45, 2.75) is 37.3 Å². The third-order valence-corrected chi connectivity index (χ3v) is 7.75. The first-order valence-corrected chi connectivity index (χ1v) is 11.4. The van der Waals surface area contributed by atoms with Gasteiger partial charge in [0, 0.05) is 41.0 Å². The first-order valence-electron chi connectivity index (χ1n) is 9.60. The van der Waals surface area contributed by atoms with Crippen LogP contribution in [0.1, 0.15) is 35.7 Å². The number of piperidine rings is 1. The number of nitrogens with zero attached hydrogens (tertiary/aromatic N) is 2. The van der Waals surface area contributed by atoms with Crippen molar-refractivity contribution in [3.05, 3.63) is 58.6 Å². The summed E-state index contributed by atoms with van der Waals surface area (Å²) in [5, 5.41) is 0.686. The Balaban J connectivity index is 1.46. The molecule has 0 atom stereocenters. The molecule has 2 aliphatic rings. The van der Waals surface area contributed by atoms with E-state index >= 15 is 0 Å². The monoisotopic (exact) mass is 434 g/mol. The van der Waals surface area contributed by atoms with Crippen LogP contribution in [0.2, 0.25) is 5.02 Å². The Morgan fingerprint density at radius 2 is 1.79 bits per heavy atom. The van der Waals surface area contributed by atoms with Gasteiger partial charge in [-0.2, -0.15) is 4.31 Å². The predicted molar refractivity (Wildman–Crippen MR) is 112 cm³/mol. The highest BCUT2D eigenvalue weighted by Crippen LogP contribution is 2.33. The first kappa shape index (κ1) is 20.3. The third kappa shape index (κ3) is 4.05. The van der Waals surface area contributed by atoms with Crippen LogP contribution in [0.4, 0.5) is 5.69 Å². The lowest BCUT2D eigenvalue weighted by atomic mass is 10.0. The number of ether oxygens (including phenoxy) is 1. The summed E-state index contributed by atoms with van der Waals surface area (Å²) >= 11 is 6.10. The van der Waals surface area contributed by atoms with Gasteiger partial charge in [0.25, 0.3) is 0 Å². The van der Waals surface area contributed by atoms with Crippen LogP contribution in [0.15, 0.2) is 47.4 Å². The molecular weight excluding hydrogens is 412 g/mol. The van der Waals surface area contributed by atoms with Gasteiger partial charge in [-0.25, -0.2) is 8.42 Å². The maximum absolute atomic E-state index is 13.0. The molecule has 0 bridgehead atoms. The van der Waals surface area contributed by atoms with Gasteiger partial charge in [-0.1, -0.05) is 23.7 Å². The minimum atomic E-state index is -3.57. The Morgan fingerprint density at radius 1 is 1.10 bits per heavy atom. The molecule has 0 saturated carbocycles. The lowest BCUT2D eigenvalue weighted by molar-refractivity contribution is 0.0987. The van der Waals surface area contributed by atoms with E-state index in [1.807, 2.05) is 18.2 Å². The summed E-state index contributed by atoms with van der Waals surface area (Å²) in [6.45, 7) is 3.39. The molecule has 154 valence electrons. The summed E-state index contributed by atoms with van der Waals surface area (Å²) in [7, 11) is -3.57. The second-order valence-electron chi connectivity index (χ2n) is 7.44. The second-order valence-corrected chi connectivity index (χ2v) is 9.81. The quantitative estimate of drug-likeness (QED) is 0.686. The number of benzene rings is 2. The van der Waals surface area contributed by atoms with Crippen LogP contribution in [0.25, 0.3) is 0 Å². The number of halogens is 1. The van der Waals surface area contributed by atoms with E-state index in [0.29, 0.717) is 37.0 Å². The summed E-state index contributed by atoms with van der Waals surface area (Å²) in [4.78, 5) is 13.9. The fraction of sp³-hybridized carbons (Fsp3) is 0.381.